The smallest absolute Gasteiger partial charge is 0.321 e. The van der Waals surface area contributed by atoms with Crippen molar-refractivity contribution >= 4 is 23.7 Å². The van der Waals surface area contributed by atoms with Crippen molar-refractivity contribution in [1.82, 2.24) is 10.6 Å². The van der Waals surface area contributed by atoms with Crippen LogP contribution >= 0.6 is 11.8 Å². The van der Waals surface area contributed by atoms with Crippen molar-refractivity contribution in [1.29, 1.82) is 0 Å². The number of hydrogen-bond acceptors (Lipinski definition) is 3. The van der Waals surface area contributed by atoms with Gasteiger partial charge in [0.25, 0.3) is 0 Å². The van der Waals surface area contributed by atoms with E-state index in [1.165, 1.54) is 18.2 Å². The summed E-state index contributed by atoms with van der Waals surface area (Å²) in [6.07, 6.45) is 6.41. The minimum absolute atomic E-state index is 0.218. The van der Waals surface area contributed by atoms with Crippen molar-refractivity contribution in [3.8, 4) is 0 Å². The lowest BCUT2D eigenvalue weighted by atomic mass is 9.86. The fourth-order valence-corrected chi connectivity index (χ4v) is 2.36. The van der Waals surface area contributed by atoms with E-state index < -0.39 is 0 Å². The highest BCUT2D eigenvalue weighted by molar-refractivity contribution is 7.99. The molecule has 1 aliphatic rings. The lowest BCUT2D eigenvalue weighted by molar-refractivity contribution is -0.117. The van der Waals surface area contributed by atoms with Crippen LogP contribution in [0.3, 0.4) is 0 Å². The van der Waals surface area contributed by atoms with Crippen molar-refractivity contribution < 1.29 is 9.59 Å². The molecule has 1 saturated carbocycles. The van der Waals surface area contributed by atoms with E-state index in [0.29, 0.717) is 11.7 Å². The van der Waals surface area contributed by atoms with Crippen LogP contribution in [0.4, 0.5) is 4.79 Å². The summed E-state index contributed by atoms with van der Waals surface area (Å²) < 4.78 is 0. The monoisotopic (exact) mass is 244 g/mol. The Morgan fingerprint density at radius 1 is 1.31 bits per heavy atom. The molecule has 3 amide bonds. The van der Waals surface area contributed by atoms with Crippen molar-refractivity contribution in [2.24, 2.45) is 5.92 Å². The number of thioether (sulfide) groups is 1. The van der Waals surface area contributed by atoms with Crippen LogP contribution in [-0.2, 0) is 4.79 Å². The van der Waals surface area contributed by atoms with Gasteiger partial charge in [-0.3, -0.25) is 10.1 Å². The van der Waals surface area contributed by atoms with Crippen molar-refractivity contribution in [2.75, 3.05) is 12.0 Å². The predicted octanol–water partition coefficient (Wildman–Crippen LogP) is 1.75. The number of urea groups is 1. The maximum atomic E-state index is 11.5. The molecule has 0 aromatic rings. The minimum atomic E-state index is -0.349. The molecule has 0 heterocycles. The molecular formula is C11H20N2O2S. The van der Waals surface area contributed by atoms with Gasteiger partial charge in [-0.1, -0.05) is 19.8 Å². The Morgan fingerprint density at radius 2 is 2.00 bits per heavy atom. The van der Waals surface area contributed by atoms with E-state index in [2.05, 4.69) is 17.6 Å². The van der Waals surface area contributed by atoms with Crippen LogP contribution in [0.1, 0.15) is 32.6 Å². The van der Waals surface area contributed by atoms with Gasteiger partial charge in [-0.25, -0.2) is 4.79 Å². The second-order valence-electron chi connectivity index (χ2n) is 4.32. The van der Waals surface area contributed by atoms with Gasteiger partial charge in [0.05, 0.1) is 5.75 Å². The minimum Gasteiger partial charge on any atom is -0.335 e. The van der Waals surface area contributed by atoms with Gasteiger partial charge in [0.15, 0.2) is 0 Å². The van der Waals surface area contributed by atoms with Crippen LogP contribution in [0.2, 0.25) is 0 Å². The summed E-state index contributed by atoms with van der Waals surface area (Å²) in [6.45, 7) is 2.15. The van der Waals surface area contributed by atoms with Crippen molar-refractivity contribution in [3.05, 3.63) is 0 Å². The number of imide groups is 1. The Balaban J connectivity index is 2.30. The highest BCUT2D eigenvalue weighted by Crippen LogP contribution is 2.23. The lowest BCUT2D eigenvalue weighted by Gasteiger charge is -2.29. The molecule has 1 aliphatic carbocycles. The molecule has 2 atom stereocenters. The second-order valence-corrected chi connectivity index (χ2v) is 5.19. The molecule has 0 spiro atoms. The third-order valence-electron chi connectivity index (χ3n) is 2.96. The number of nitrogens with one attached hydrogen (secondary N) is 2. The van der Waals surface area contributed by atoms with Gasteiger partial charge in [0, 0.05) is 6.04 Å². The first-order valence-corrected chi connectivity index (χ1v) is 7.12. The molecule has 4 nitrogen and oxygen atoms in total. The number of amides is 3. The Morgan fingerprint density at radius 3 is 2.62 bits per heavy atom. The lowest BCUT2D eigenvalue weighted by Crippen LogP contribution is -2.48. The Hall–Kier alpha value is -0.710. The molecule has 0 aromatic heterocycles. The summed E-state index contributed by atoms with van der Waals surface area (Å²) in [6, 6.07) is -0.131. The second kappa shape index (κ2) is 6.78. The van der Waals surface area contributed by atoms with E-state index >= 15 is 0 Å². The maximum Gasteiger partial charge on any atom is 0.321 e. The van der Waals surface area contributed by atoms with Crippen LogP contribution < -0.4 is 10.6 Å². The largest absolute Gasteiger partial charge is 0.335 e. The highest BCUT2D eigenvalue weighted by Gasteiger charge is 2.23. The molecule has 92 valence electrons. The van der Waals surface area contributed by atoms with E-state index in [-0.39, 0.29) is 18.0 Å². The molecule has 0 radical (unpaired) electrons. The quantitative estimate of drug-likeness (QED) is 0.795. The van der Waals surface area contributed by atoms with E-state index in [9.17, 15) is 9.59 Å². The SMILES string of the molecule is CSCC(=O)NC(=O)N[C@H]1CCCC[C@@H]1C. The predicted molar refractivity (Wildman–Crippen MR) is 66.5 cm³/mol. The normalized spacial score (nSPS) is 24.9. The Kier molecular flexibility index (Phi) is 5.66. The average Bonchev–Trinajstić information content (AvgIpc) is 2.21. The molecule has 0 unspecified atom stereocenters. The van der Waals surface area contributed by atoms with Crippen LogP contribution in [0, 0.1) is 5.92 Å². The van der Waals surface area contributed by atoms with Gasteiger partial charge in [0.1, 0.15) is 0 Å². The third kappa shape index (κ3) is 4.43. The molecule has 0 aromatic carbocycles. The third-order valence-corrected chi connectivity index (χ3v) is 3.51. The van der Waals surface area contributed by atoms with E-state index in [0.717, 1.165) is 19.3 Å². The van der Waals surface area contributed by atoms with E-state index in [1.54, 1.807) is 0 Å². The molecule has 0 aliphatic heterocycles. The first kappa shape index (κ1) is 13.4. The number of carbonyl (C=O) groups excluding carboxylic acids is 2. The molecule has 16 heavy (non-hydrogen) atoms. The van der Waals surface area contributed by atoms with Gasteiger partial charge in [0.2, 0.25) is 5.91 Å². The fraction of sp³-hybridized carbons (Fsp3) is 0.818. The van der Waals surface area contributed by atoms with Gasteiger partial charge >= 0.3 is 6.03 Å². The number of hydrogen-bond donors (Lipinski definition) is 2. The first-order valence-electron chi connectivity index (χ1n) is 5.72. The molecule has 1 fully saturated rings. The van der Waals surface area contributed by atoms with Gasteiger partial charge < -0.3 is 5.32 Å². The van der Waals surface area contributed by atoms with Crippen LogP contribution in [-0.4, -0.2) is 30.0 Å². The van der Waals surface area contributed by atoms with Crippen LogP contribution in [0.15, 0.2) is 0 Å². The zero-order valence-corrected chi connectivity index (χ0v) is 10.7. The Labute approximate surface area is 101 Å². The van der Waals surface area contributed by atoms with Crippen LogP contribution in [0.25, 0.3) is 0 Å². The summed E-state index contributed by atoms with van der Waals surface area (Å²) in [4.78, 5) is 22.7. The van der Waals surface area contributed by atoms with Crippen LogP contribution in [0.5, 0.6) is 0 Å². The summed E-state index contributed by atoms with van der Waals surface area (Å²) in [7, 11) is 0. The van der Waals surface area contributed by atoms with E-state index in [4.69, 9.17) is 0 Å². The van der Waals surface area contributed by atoms with Gasteiger partial charge in [-0.2, -0.15) is 11.8 Å². The Bertz CT molecular complexity index is 258. The summed E-state index contributed by atoms with van der Waals surface area (Å²) in [5.41, 5.74) is 0. The summed E-state index contributed by atoms with van der Waals surface area (Å²) in [5.74, 6) is 0.608. The zero-order chi connectivity index (χ0) is 12.0. The summed E-state index contributed by atoms with van der Waals surface area (Å²) >= 11 is 1.41. The molecule has 1 rings (SSSR count). The first-order chi connectivity index (χ1) is 7.63. The molecule has 5 heteroatoms. The van der Waals surface area contributed by atoms with Crippen molar-refractivity contribution in [2.45, 2.75) is 38.6 Å². The fourth-order valence-electron chi connectivity index (χ4n) is 2.03. The molecule has 2 N–H and O–H groups in total. The van der Waals surface area contributed by atoms with Gasteiger partial charge in [-0.05, 0) is 25.0 Å². The topological polar surface area (TPSA) is 58.2 Å². The maximum absolute atomic E-state index is 11.5. The number of rotatable bonds is 3. The molecule has 0 saturated heterocycles. The number of carbonyl (C=O) groups is 2. The van der Waals surface area contributed by atoms with Crippen molar-refractivity contribution in [3.63, 3.8) is 0 Å². The molecular weight excluding hydrogens is 224 g/mol. The standard InChI is InChI=1S/C11H20N2O2S/c1-8-5-3-4-6-9(8)12-11(15)13-10(14)7-16-2/h8-9H,3-7H2,1-2H3,(H2,12,13,14,15)/t8-,9-/m0/s1. The zero-order valence-electron chi connectivity index (χ0n) is 9.91. The summed E-state index contributed by atoms with van der Waals surface area (Å²) in [5, 5.41) is 5.22. The highest BCUT2D eigenvalue weighted by atomic mass is 32.2. The van der Waals surface area contributed by atoms with E-state index in [1.807, 2.05) is 6.26 Å². The molecule has 0 bridgehead atoms. The average molecular weight is 244 g/mol. The van der Waals surface area contributed by atoms with Gasteiger partial charge in [-0.15, -0.1) is 0 Å².